The molecule has 2 N–H and O–H groups in total. The molecule has 0 heterocycles. The van der Waals surface area contributed by atoms with Gasteiger partial charge >= 0.3 is 0 Å². The van der Waals surface area contributed by atoms with Crippen molar-refractivity contribution in [3.63, 3.8) is 0 Å². The van der Waals surface area contributed by atoms with Gasteiger partial charge in [0.25, 0.3) is 0 Å². The van der Waals surface area contributed by atoms with Crippen molar-refractivity contribution in [2.24, 2.45) is 17.8 Å². The second kappa shape index (κ2) is 5.88. The Balaban J connectivity index is 1.62. The van der Waals surface area contributed by atoms with Gasteiger partial charge in [-0.1, -0.05) is 36.4 Å². The molecule has 130 valence electrons. The zero-order valence-electron chi connectivity index (χ0n) is 14.5. The highest BCUT2D eigenvalue weighted by atomic mass is 16.3. The topological polar surface area (TPSA) is 40.5 Å². The Morgan fingerprint density at radius 1 is 0.800 bits per heavy atom. The Labute approximate surface area is 149 Å². The van der Waals surface area contributed by atoms with E-state index in [1.54, 1.807) is 0 Å². The summed E-state index contributed by atoms with van der Waals surface area (Å²) in [6.45, 7) is 0. The molecule has 0 bridgehead atoms. The van der Waals surface area contributed by atoms with E-state index in [-0.39, 0.29) is 6.10 Å². The van der Waals surface area contributed by atoms with Gasteiger partial charge in [-0.3, -0.25) is 0 Å². The highest BCUT2D eigenvalue weighted by molar-refractivity contribution is 5.43. The monoisotopic (exact) mass is 334 g/mol. The van der Waals surface area contributed by atoms with Crippen molar-refractivity contribution in [2.75, 3.05) is 0 Å². The molecule has 0 saturated heterocycles. The van der Waals surface area contributed by atoms with E-state index in [9.17, 15) is 10.2 Å². The van der Waals surface area contributed by atoms with Crippen molar-refractivity contribution in [2.45, 2.75) is 50.0 Å². The number of rotatable bonds is 1. The predicted molar refractivity (Wildman–Crippen MR) is 98.7 cm³/mol. The highest BCUT2D eigenvalue weighted by Crippen LogP contribution is 2.59. The van der Waals surface area contributed by atoms with Gasteiger partial charge in [-0.25, -0.2) is 0 Å². The Morgan fingerprint density at radius 3 is 2.44 bits per heavy atom. The number of fused-ring (bicyclic) bond motifs is 5. The van der Waals surface area contributed by atoms with Crippen molar-refractivity contribution in [3.05, 3.63) is 65.2 Å². The van der Waals surface area contributed by atoms with Crippen LogP contribution in [0.4, 0.5) is 0 Å². The van der Waals surface area contributed by atoms with Gasteiger partial charge in [0.15, 0.2) is 0 Å². The third-order valence-electron chi connectivity index (χ3n) is 7.27. The normalized spacial score (nSPS) is 36.4. The largest absolute Gasteiger partial charge is 0.508 e. The molecule has 0 unspecified atom stereocenters. The van der Waals surface area contributed by atoms with E-state index in [2.05, 4.69) is 36.4 Å². The van der Waals surface area contributed by atoms with Crippen LogP contribution in [0.2, 0.25) is 0 Å². The SMILES string of the molecule is Oc1ccc2c(c1)C[C@@H](c1ccccc1)[C@H]1[C@@H]3CC[C@H](O)[C@H]3CC[C@H]21. The zero-order chi connectivity index (χ0) is 17.0. The molecule has 6 atom stereocenters. The summed E-state index contributed by atoms with van der Waals surface area (Å²) in [5.41, 5.74) is 4.20. The molecule has 0 aromatic heterocycles. The number of hydrogen-bond donors (Lipinski definition) is 2. The van der Waals surface area contributed by atoms with Gasteiger partial charge in [-0.2, -0.15) is 0 Å². The van der Waals surface area contributed by atoms with Gasteiger partial charge in [0.05, 0.1) is 6.10 Å². The molecule has 5 rings (SSSR count). The second-order valence-electron chi connectivity index (χ2n) is 8.34. The first kappa shape index (κ1) is 15.5. The third kappa shape index (κ3) is 2.42. The fourth-order valence-corrected chi connectivity index (χ4v) is 6.31. The van der Waals surface area contributed by atoms with Crippen molar-refractivity contribution < 1.29 is 10.2 Å². The fraction of sp³-hybridized carbons (Fsp3) is 0.478. The molecule has 3 aliphatic rings. The van der Waals surface area contributed by atoms with Crippen LogP contribution in [0.25, 0.3) is 0 Å². The maximum absolute atomic E-state index is 10.5. The van der Waals surface area contributed by atoms with Crippen LogP contribution in [0.5, 0.6) is 5.75 Å². The number of phenolic OH excluding ortho intramolecular Hbond substituents is 1. The lowest BCUT2D eigenvalue weighted by molar-refractivity contribution is 0.0487. The van der Waals surface area contributed by atoms with Crippen LogP contribution < -0.4 is 0 Å². The maximum Gasteiger partial charge on any atom is 0.115 e. The van der Waals surface area contributed by atoms with Crippen molar-refractivity contribution in [1.29, 1.82) is 0 Å². The first-order valence-electron chi connectivity index (χ1n) is 9.77. The standard InChI is InChI=1S/C23H26O2/c24-16-6-7-17-15(12-16)13-21(14-4-2-1-3-5-14)23-19(17)9-8-18-20(23)10-11-22(18)25/h1-7,12,18-25H,8-11,13H2/t18-,19+,20+,21-,22-,23+/m0/s1. The molecule has 3 aliphatic carbocycles. The van der Waals surface area contributed by atoms with Gasteiger partial charge in [-0.05, 0) is 90.5 Å². The molecule has 0 amide bonds. The molecular formula is C23H26O2. The summed E-state index contributed by atoms with van der Waals surface area (Å²) in [6, 6.07) is 16.9. The van der Waals surface area contributed by atoms with Crippen LogP contribution in [-0.4, -0.2) is 16.3 Å². The van der Waals surface area contributed by atoms with Crippen LogP contribution in [0.3, 0.4) is 0 Å². The minimum Gasteiger partial charge on any atom is -0.508 e. The molecular weight excluding hydrogens is 308 g/mol. The number of aliphatic hydroxyl groups is 1. The van der Waals surface area contributed by atoms with E-state index in [4.69, 9.17) is 0 Å². The summed E-state index contributed by atoms with van der Waals surface area (Å²) in [7, 11) is 0. The number of benzene rings is 2. The van der Waals surface area contributed by atoms with Gasteiger partial charge in [-0.15, -0.1) is 0 Å². The summed E-state index contributed by atoms with van der Waals surface area (Å²) >= 11 is 0. The molecule has 2 nitrogen and oxygen atoms in total. The molecule has 0 spiro atoms. The van der Waals surface area contributed by atoms with Crippen LogP contribution in [0, 0.1) is 17.8 Å². The van der Waals surface area contributed by atoms with E-state index in [0.717, 1.165) is 19.3 Å². The van der Waals surface area contributed by atoms with Gasteiger partial charge < -0.3 is 10.2 Å². The van der Waals surface area contributed by atoms with E-state index < -0.39 is 0 Å². The van der Waals surface area contributed by atoms with E-state index in [1.807, 2.05) is 12.1 Å². The average Bonchev–Trinajstić information content (AvgIpc) is 3.02. The van der Waals surface area contributed by atoms with Crippen LogP contribution in [0.1, 0.15) is 54.2 Å². The Kier molecular flexibility index (Phi) is 3.63. The number of phenols is 1. The van der Waals surface area contributed by atoms with Crippen LogP contribution in [0.15, 0.2) is 48.5 Å². The molecule has 2 heteroatoms. The number of aliphatic hydroxyl groups excluding tert-OH is 1. The molecule has 2 aromatic rings. The quantitative estimate of drug-likeness (QED) is 0.799. The second-order valence-corrected chi connectivity index (χ2v) is 8.34. The zero-order valence-corrected chi connectivity index (χ0v) is 14.5. The lowest BCUT2D eigenvalue weighted by atomic mass is 9.56. The molecule has 2 fully saturated rings. The number of hydrogen-bond acceptors (Lipinski definition) is 2. The summed E-state index contributed by atoms with van der Waals surface area (Å²) < 4.78 is 0. The molecule has 0 aliphatic heterocycles. The first-order valence-corrected chi connectivity index (χ1v) is 9.77. The lowest BCUT2D eigenvalue weighted by Crippen LogP contribution is -2.40. The Bertz CT molecular complexity index is 769. The molecule has 2 aromatic carbocycles. The lowest BCUT2D eigenvalue weighted by Gasteiger charge is -2.49. The summed E-state index contributed by atoms with van der Waals surface area (Å²) in [4.78, 5) is 0. The fourth-order valence-electron chi connectivity index (χ4n) is 6.31. The van der Waals surface area contributed by atoms with Crippen LogP contribution in [-0.2, 0) is 6.42 Å². The van der Waals surface area contributed by atoms with E-state index in [1.165, 1.54) is 29.5 Å². The van der Waals surface area contributed by atoms with Gasteiger partial charge in [0.1, 0.15) is 5.75 Å². The van der Waals surface area contributed by atoms with Crippen molar-refractivity contribution in [1.82, 2.24) is 0 Å². The predicted octanol–water partition coefficient (Wildman–Crippen LogP) is 4.61. The minimum atomic E-state index is -0.0939. The van der Waals surface area contributed by atoms with E-state index >= 15 is 0 Å². The van der Waals surface area contributed by atoms with Gasteiger partial charge in [0.2, 0.25) is 0 Å². The van der Waals surface area contributed by atoms with Gasteiger partial charge in [0, 0.05) is 0 Å². The third-order valence-corrected chi connectivity index (χ3v) is 7.27. The first-order chi connectivity index (χ1) is 12.2. The molecule has 25 heavy (non-hydrogen) atoms. The van der Waals surface area contributed by atoms with Crippen molar-refractivity contribution >= 4 is 0 Å². The summed E-state index contributed by atoms with van der Waals surface area (Å²) in [5, 5.41) is 20.5. The Morgan fingerprint density at radius 2 is 1.60 bits per heavy atom. The highest BCUT2D eigenvalue weighted by Gasteiger charge is 2.50. The summed E-state index contributed by atoms with van der Waals surface area (Å²) in [5.74, 6) is 3.20. The maximum atomic E-state index is 10.5. The molecule has 2 saturated carbocycles. The minimum absolute atomic E-state index is 0.0939. The smallest absolute Gasteiger partial charge is 0.115 e. The van der Waals surface area contributed by atoms with E-state index in [0.29, 0.717) is 35.3 Å². The van der Waals surface area contributed by atoms with Crippen LogP contribution >= 0.6 is 0 Å². The van der Waals surface area contributed by atoms with Crippen molar-refractivity contribution in [3.8, 4) is 5.75 Å². The summed E-state index contributed by atoms with van der Waals surface area (Å²) in [6.07, 6.45) is 5.38. The molecule has 0 radical (unpaired) electrons. The number of aromatic hydroxyl groups is 1. The Hall–Kier alpha value is -1.80. The average molecular weight is 334 g/mol.